The summed E-state index contributed by atoms with van der Waals surface area (Å²) in [6, 6.07) is 0. The molecule has 0 bridgehead atoms. The van der Waals surface area contributed by atoms with Gasteiger partial charge in [-0.3, -0.25) is 0 Å². The summed E-state index contributed by atoms with van der Waals surface area (Å²) in [5.74, 6) is 0.957. The molecule has 0 heterocycles. The maximum atomic E-state index is 5.91. The molecule has 0 saturated heterocycles. The maximum absolute atomic E-state index is 5.91. The van der Waals surface area contributed by atoms with E-state index in [1.54, 1.807) is 0 Å². The topological polar surface area (TPSA) is 26.0 Å². The third kappa shape index (κ3) is 4.55. The van der Waals surface area contributed by atoms with Gasteiger partial charge in [0.2, 0.25) is 0 Å². The first kappa shape index (κ1) is 13.0. The van der Waals surface area contributed by atoms with Gasteiger partial charge < -0.3 is 5.73 Å². The van der Waals surface area contributed by atoms with Gasteiger partial charge in [-0.1, -0.05) is 52.4 Å². The Morgan fingerprint density at radius 3 is 2.20 bits per heavy atom. The van der Waals surface area contributed by atoms with Gasteiger partial charge in [-0.2, -0.15) is 0 Å². The van der Waals surface area contributed by atoms with Gasteiger partial charge in [-0.05, 0) is 37.1 Å². The quantitative estimate of drug-likeness (QED) is 0.571. The third-order valence-electron chi connectivity index (χ3n) is 4.13. The van der Waals surface area contributed by atoms with Crippen LogP contribution in [0.4, 0.5) is 0 Å². The van der Waals surface area contributed by atoms with Gasteiger partial charge in [-0.25, -0.2) is 0 Å². The highest BCUT2D eigenvalue weighted by molar-refractivity contribution is 4.91. The van der Waals surface area contributed by atoms with Gasteiger partial charge in [0.25, 0.3) is 0 Å². The molecule has 0 spiro atoms. The Morgan fingerprint density at radius 1 is 1.07 bits per heavy atom. The molecule has 1 rings (SSSR count). The molecule has 0 aliphatic heterocycles. The average Bonchev–Trinajstić information content (AvgIpc) is 3.07. The third-order valence-corrected chi connectivity index (χ3v) is 4.13. The molecule has 2 N–H and O–H groups in total. The molecule has 0 aromatic heterocycles. The Morgan fingerprint density at radius 2 is 1.67 bits per heavy atom. The van der Waals surface area contributed by atoms with E-state index in [9.17, 15) is 0 Å². The van der Waals surface area contributed by atoms with Crippen LogP contribution in [0.3, 0.4) is 0 Å². The lowest BCUT2D eigenvalue weighted by Gasteiger charge is -2.28. The van der Waals surface area contributed by atoms with Crippen LogP contribution in [0.15, 0.2) is 0 Å². The fourth-order valence-electron chi connectivity index (χ4n) is 2.56. The van der Waals surface area contributed by atoms with E-state index in [1.807, 2.05) is 0 Å². The largest absolute Gasteiger partial charge is 0.330 e. The van der Waals surface area contributed by atoms with Crippen LogP contribution in [-0.4, -0.2) is 6.54 Å². The van der Waals surface area contributed by atoms with E-state index >= 15 is 0 Å². The highest BCUT2D eigenvalue weighted by Crippen LogP contribution is 2.47. The van der Waals surface area contributed by atoms with Gasteiger partial charge in [-0.15, -0.1) is 0 Å². The zero-order valence-corrected chi connectivity index (χ0v) is 10.7. The highest BCUT2D eigenvalue weighted by Gasteiger charge is 2.39. The van der Waals surface area contributed by atoms with Gasteiger partial charge >= 0.3 is 0 Å². The summed E-state index contributed by atoms with van der Waals surface area (Å²) in [6.45, 7) is 5.57. The van der Waals surface area contributed by atoms with Crippen LogP contribution in [-0.2, 0) is 0 Å². The summed E-state index contributed by atoms with van der Waals surface area (Å²) in [5, 5.41) is 0. The zero-order chi connectivity index (χ0) is 11.1. The van der Waals surface area contributed by atoms with Crippen LogP contribution < -0.4 is 5.73 Å². The van der Waals surface area contributed by atoms with Crippen LogP contribution in [0.25, 0.3) is 0 Å². The maximum Gasteiger partial charge on any atom is -0.00205 e. The Bertz CT molecular complexity index is 163. The normalized spacial score (nSPS) is 20.2. The molecule has 1 aliphatic rings. The van der Waals surface area contributed by atoms with Crippen molar-refractivity contribution >= 4 is 0 Å². The Kier molecular flexibility index (Phi) is 5.66. The van der Waals surface area contributed by atoms with Crippen molar-refractivity contribution in [2.24, 2.45) is 17.1 Å². The minimum Gasteiger partial charge on any atom is -0.330 e. The molecular weight excluding hydrogens is 182 g/mol. The summed E-state index contributed by atoms with van der Waals surface area (Å²) < 4.78 is 0. The molecule has 90 valence electrons. The Hall–Kier alpha value is -0.0400. The average molecular weight is 211 g/mol. The molecule has 1 atom stereocenters. The molecule has 1 unspecified atom stereocenters. The zero-order valence-electron chi connectivity index (χ0n) is 10.7. The number of unbranched alkanes of at least 4 members (excludes halogenated alkanes) is 5. The summed E-state index contributed by atoms with van der Waals surface area (Å²) in [4.78, 5) is 0. The number of nitrogens with two attached hydrogens (primary N) is 1. The molecule has 0 aromatic carbocycles. The molecule has 1 nitrogen and oxygen atoms in total. The number of hydrogen-bond acceptors (Lipinski definition) is 1. The molecule has 0 aromatic rings. The van der Waals surface area contributed by atoms with E-state index in [4.69, 9.17) is 5.73 Å². The molecule has 1 heteroatoms. The number of hydrogen-bond donors (Lipinski definition) is 1. The van der Waals surface area contributed by atoms with Crippen LogP contribution in [0, 0.1) is 11.3 Å². The predicted octanol–water partition coefficient (Wildman–Crippen LogP) is 4.11. The lowest BCUT2D eigenvalue weighted by atomic mass is 9.80. The van der Waals surface area contributed by atoms with Crippen molar-refractivity contribution in [3.05, 3.63) is 0 Å². The van der Waals surface area contributed by atoms with Crippen LogP contribution in [0.2, 0.25) is 0 Å². The second kappa shape index (κ2) is 6.52. The monoisotopic (exact) mass is 211 g/mol. The fourth-order valence-corrected chi connectivity index (χ4v) is 2.56. The number of rotatable bonds is 9. The van der Waals surface area contributed by atoms with Gasteiger partial charge in [0, 0.05) is 0 Å². The molecule has 0 amide bonds. The molecule has 0 radical (unpaired) electrons. The van der Waals surface area contributed by atoms with Crippen LogP contribution >= 0.6 is 0 Å². The van der Waals surface area contributed by atoms with Crippen LogP contribution in [0.1, 0.15) is 71.6 Å². The summed E-state index contributed by atoms with van der Waals surface area (Å²) in [5.41, 5.74) is 6.39. The minimum absolute atomic E-state index is 0.477. The smallest absolute Gasteiger partial charge is 0.00205 e. The molecule has 1 saturated carbocycles. The van der Waals surface area contributed by atoms with Crippen molar-refractivity contribution in [2.45, 2.75) is 71.6 Å². The van der Waals surface area contributed by atoms with E-state index < -0.39 is 0 Å². The van der Waals surface area contributed by atoms with E-state index in [2.05, 4.69) is 13.8 Å². The van der Waals surface area contributed by atoms with E-state index in [0.29, 0.717) is 5.41 Å². The van der Waals surface area contributed by atoms with Crippen molar-refractivity contribution < 1.29 is 0 Å². The van der Waals surface area contributed by atoms with Crippen molar-refractivity contribution in [3.8, 4) is 0 Å². The van der Waals surface area contributed by atoms with E-state index in [1.165, 1.54) is 57.8 Å². The molecule has 1 aliphatic carbocycles. The Labute approximate surface area is 95.8 Å². The van der Waals surface area contributed by atoms with Crippen molar-refractivity contribution in [2.75, 3.05) is 6.54 Å². The SMILES string of the molecule is CCCCCCCCC(C)(CN)C1CC1. The first-order chi connectivity index (χ1) is 7.23. The lowest BCUT2D eigenvalue weighted by Crippen LogP contribution is -2.29. The molecule has 15 heavy (non-hydrogen) atoms. The van der Waals surface area contributed by atoms with Crippen molar-refractivity contribution in [1.29, 1.82) is 0 Å². The first-order valence-corrected chi connectivity index (χ1v) is 6.93. The molecular formula is C14H29N. The summed E-state index contributed by atoms with van der Waals surface area (Å²) >= 11 is 0. The van der Waals surface area contributed by atoms with Gasteiger partial charge in [0.1, 0.15) is 0 Å². The van der Waals surface area contributed by atoms with E-state index in [0.717, 1.165) is 12.5 Å². The first-order valence-electron chi connectivity index (χ1n) is 6.93. The second-order valence-electron chi connectivity index (χ2n) is 5.65. The lowest BCUT2D eigenvalue weighted by molar-refractivity contribution is 0.249. The standard InChI is InChI=1S/C14H29N/c1-3-4-5-6-7-8-11-14(2,12-15)13-9-10-13/h13H,3-12,15H2,1-2H3. The van der Waals surface area contributed by atoms with Gasteiger partial charge in [0.05, 0.1) is 0 Å². The van der Waals surface area contributed by atoms with Crippen molar-refractivity contribution in [1.82, 2.24) is 0 Å². The predicted molar refractivity (Wildman–Crippen MR) is 67.9 cm³/mol. The highest BCUT2D eigenvalue weighted by atomic mass is 14.6. The summed E-state index contributed by atoms with van der Waals surface area (Å²) in [6.07, 6.45) is 12.7. The minimum atomic E-state index is 0.477. The Balaban J connectivity index is 2.02. The van der Waals surface area contributed by atoms with Gasteiger partial charge in [0.15, 0.2) is 0 Å². The van der Waals surface area contributed by atoms with Crippen LogP contribution in [0.5, 0.6) is 0 Å². The summed E-state index contributed by atoms with van der Waals surface area (Å²) in [7, 11) is 0. The van der Waals surface area contributed by atoms with Crippen molar-refractivity contribution in [3.63, 3.8) is 0 Å². The van der Waals surface area contributed by atoms with E-state index in [-0.39, 0.29) is 0 Å². The second-order valence-corrected chi connectivity index (χ2v) is 5.65. The molecule has 1 fully saturated rings. The fraction of sp³-hybridized carbons (Fsp3) is 1.00.